The van der Waals surface area contributed by atoms with Crippen LogP contribution >= 0.6 is 11.3 Å². The summed E-state index contributed by atoms with van der Waals surface area (Å²) in [6.45, 7) is 0.481. The number of benzene rings is 1. The van der Waals surface area contributed by atoms with Gasteiger partial charge in [-0.25, -0.2) is 4.98 Å². The molecule has 0 aliphatic carbocycles. The first-order valence-corrected chi connectivity index (χ1v) is 5.67. The van der Waals surface area contributed by atoms with Gasteiger partial charge in [-0.1, -0.05) is 12.1 Å². The Morgan fingerprint density at radius 1 is 1.38 bits per heavy atom. The van der Waals surface area contributed by atoms with E-state index in [0.717, 1.165) is 5.56 Å². The molecule has 82 valence electrons. The van der Waals surface area contributed by atoms with Gasteiger partial charge < -0.3 is 5.73 Å². The molecule has 0 aliphatic heterocycles. The van der Waals surface area contributed by atoms with Gasteiger partial charge in [0.1, 0.15) is 0 Å². The van der Waals surface area contributed by atoms with E-state index in [9.17, 15) is 4.79 Å². The van der Waals surface area contributed by atoms with Crippen LogP contribution in [0.4, 0.5) is 5.13 Å². The Bertz CT molecular complexity index is 464. The fourth-order valence-corrected chi connectivity index (χ4v) is 1.77. The maximum atomic E-state index is 11.7. The second kappa shape index (κ2) is 4.87. The molecule has 0 radical (unpaired) electrons. The van der Waals surface area contributed by atoms with Crippen molar-refractivity contribution in [2.24, 2.45) is 5.73 Å². The fraction of sp³-hybridized carbons (Fsp3) is 0.0909. The summed E-state index contributed by atoms with van der Waals surface area (Å²) in [6.07, 6.45) is 1.65. The molecule has 1 aromatic heterocycles. The van der Waals surface area contributed by atoms with Gasteiger partial charge in [0.2, 0.25) is 0 Å². The molecule has 1 amide bonds. The smallest absolute Gasteiger partial charge is 0.257 e. The van der Waals surface area contributed by atoms with E-state index in [1.54, 1.807) is 18.3 Å². The van der Waals surface area contributed by atoms with Crippen molar-refractivity contribution < 1.29 is 4.79 Å². The van der Waals surface area contributed by atoms with Crippen LogP contribution < -0.4 is 11.1 Å². The summed E-state index contributed by atoms with van der Waals surface area (Å²) in [5, 5.41) is 5.13. The molecule has 0 saturated heterocycles. The van der Waals surface area contributed by atoms with Gasteiger partial charge in [-0.3, -0.25) is 10.1 Å². The van der Waals surface area contributed by atoms with E-state index in [0.29, 0.717) is 17.2 Å². The Morgan fingerprint density at radius 3 is 2.69 bits per heavy atom. The minimum atomic E-state index is -0.154. The van der Waals surface area contributed by atoms with Crippen molar-refractivity contribution in [2.45, 2.75) is 6.54 Å². The summed E-state index contributed by atoms with van der Waals surface area (Å²) in [5.41, 5.74) is 7.09. The van der Waals surface area contributed by atoms with Crippen molar-refractivity contribution in [3.8, 4) is 0 Å². The number of hydrogen-bond donors (Lipinski definition) is 2. The fourth-order valence-electron chi connectivity index (χ4n) is 1.25. The number of anilines is 1. The van der Waals surface area contributed by atoms with Crippen molar-refractivity contribution >= 4 is 22.4 Å². The van der Waals surface area contributed by atoms with Crippen molar-refractivity contribution in [3.05, 3.63) is 47.0 Å². The highest BCUT2D eigenvalue weighted by molar-refractivity contribution is 7.13. The van der Waals surface area contributed by atoms with Crippen LogP contribution in [0.5, 0.6) is 0 Å². The van der Waals surface area contributed by atoms with Crippen molar-refractivity contribution in [3.63, 3.8) is 0 Å². The molecule has 3 N–H and O–H groups in total. The number of carbonyl (C=O) groups is 1. The highest BCUT2D eigenvalue weighted by Crippen LogP contribution is 2.12. The molecule has 2 rings (SSSR count). The van der Waals surface area contributed by atoms with Crippen LogP contribution in [0, 0.1) is 0 Å². The number of nitrogens with zero attached hydrogens (tertiary/aromatic N) is 1. The lowest BCUT2D eigenvalue weighted by molar-refractivity contribution is 0.102. The maximum Gasteiger partial charge on any atom is 0.257 e. The lowest BCUT2D eigenvalue weighted by atomic mass is 10.1. The largest absolute Gasteiger partial charge is 0.326 e. The van der Waals surface area contributed by atoms with Crippen LogP contribution in [0.25, 0.3) is 0 Å². The second-order valence-electron chi connectivity index (χ2n) is 3.19. The Hall–Kier alpha value is -1.72. The lowest BCUT2D eigenvalue weighted by Gasteiger charge is -2.02. The molecule has 1 aromatic carbocycles. The lowest BCUT2D eigenvalue weighted by Crippen LogP contribution is -2.11. The Kier molecular flexibility index (Phi) is 3.28. The van der Waals surface area contributed by atoms with Gasteiger partial charge in [0.25, 0.3) is 5.91 Å². The van der Waals surface area contributed by atoms with Crippen molar-refractivity contribution in [1.82, 2.24) is 4.98 Å². The van der Waals surface area contributed by atoms with Crippen LogP contribution in [0.2, 0.25) is 0 Å². The minimum absolute atomic E-state index is 0.154. The minimum Gasteiger partial charge on any atom is -0.326 e. The monoisotopic (exact) mass is 233 g/mol. The van der Waals surface area contributed by atoms with Crippen LogP contribution in [0.1, 0.15) is 15.9 Å². The van der Waals surface area contributed by atoms with Gasteiger partial charge in [-0.2, -0.15) is 0 Å². The normalized spacial score (nSPS) is 10.1. The molecule has 1 heterocycles. The molecule has 0 unspecified atom stereocenters. The van der Waals surface area contributed by atoms with Gasteiger partial charge in [0.05, 0.1) is 0 Å². The number of hydrogen-bond acceptors (Lipinski definition) is 4. The first-order chi connectivity index (χ1) is 7.79. The average molecular weight is 233 g/mol. The van der Waals surface area contributed by atoms with E-state index in [4.69, 9.17) is 5.73 Å². The van der Waals surface area contributed by atoms with E-state index < -0.39 is 0 Å². The number of aromatic nitrogens is 1. The average Bonchev–Trinajstić information content (AvgIpc) is 2.82. The highest BCUT2D eigenvalue weighted by Gasteiger charge is 2.06. The third-order valence-electron chi connectivity index (χ3n) is 2.10. The zero-order chi connectivity index (χ0) is 11.4. The summed E-state index contributed by atoms with van der Waals surface area (Å²) in [6, 6.07) is 7.20. The SMILES string of the molecule is NCc1ccc(C(=O)Nc2nccs2)cc1. The van der Waals surface area contributed by atoms with Gasteiger partial charge in [0.15, 0.2) is 5.13 Å². The van der Waals surface area contributed by atoms with E-state index in [1.165, 1.54) is 11.3 Å². The molecular formula is C11H11N3OS. The molecular weight excluding hydrogens is 222 g/mol. The maximum absolute atomic E-state index is 11.7. The van der Waals surface area contributed by atoms with Crippen molar-refractivity contribution in [1.29, 1.82) is 0 Å². The number of thiazole rings is 1. The summed E-state index contributed by atoms with van der Waals surface area (Å²) in [4.78, 5) is 15.7. The summed E-state index contributed by atoms with van der Waals surface area (Å²) >= 11 is 1.39. The van der Waals surface area contributed by atoms with Gasteiger partial charge in [-0.05, 0) is 17.7 Å². The quantitative estimate of drug-likeness (QED) is 0.850. The number of amides is 1. The molecule has 4 nitrogen and oxygen atoms in total. The third kappa shape index (κ3) is 2.44. The summed E-state index contributed by atoms with van der Waals surface area (Å²) in [5.74, 6) is -0.154. The Balaban J connectivity index is 2.09. The Labute approximate surface area is 97.1 Å². The van der Waals surface area contributed by atoms with E-state index in [1.807, 2.05) is 17.5 Å². The number of carbonyl (C=O) groups excluding carboxylic acids is 1. The molecule has 2 aromatic rings. The third-order valence-corrected chi connectivity index (χ3v) is 2.79. The molecule has 0 fully saturated rings. The molecule has 0 bridgehead atoms. The first kappa shape index (κ1) is 10.8. The van der Waals surface area contributed by atoms with Crippen LogP contribution in [0.3, 0.4) is 0 Å². The molecule has 0 spiro atoms. The Morgan fingerprint density at radius 2 is 2.12 bits per heavy atom. The zero-order valence-electron chi connectivity index (χ0n) is 8.51. The van der Waals surface area contributed by atoms with E-state index in [2.05, 4.69) is 10.3 Å². The van der Waals surface area contributed by atoms with E-state index >= 15 is 0 Å². The standard InChI is InChI=1S/C11H11N3OS/c12-7-8-1-3-9(4-2-8)10(15)14-11-13-5-6-16-11/h1-6H,7,12H2,(H,13,14,15). The topological polar surface area (TPSA) is 68.0 Å². The molecule has 5 heteroatoms. The summed E-state index contributed by atoms with van der Waals surface area (Å²) in [7, 11) is 0. The van der Waals surface area contributed by atoms with Crippen LogP contribution in [-0.4, -0.2) is 10.9 Å². The molecule has 0 aliphatic rings. The molecule has 0 atom stereocenters. The van der Waals surface area contributed by atoms with E-state index in [-0.39, 0.29) is 5.91 Å². The molecule has 16 heavy (non-hydrogen) atoms. The highest BCUT2D eigenvalue weighted by atomic mass is 32.1. The van der Waals surface area contributed by atoms with Gasteiger partial charge in [0, 0.05) is 23.7 Å². The van der Waals surface area contributed by atoms with Gasteiger partial charge in [-0.15, -0.1) is 11.3 Å². The first-order valence-electron chi connectivity index (χ1n) is 4.79. The zero-order valence-corrected chi connectivity index (χ0v) is 9.33. The molecule has 0 saturated carbocycles. The number of nitrogens with one attached hydrogen (secondary N) is 1. The predicted molar refractivity (Wildman–Crippen MR) is 64.4 cm³/mol. The second-order valence-corrected chi connectivity index (χ2v) is 4.09. The van der Waals surface area contributed by atoms with Gasteiger partial charge >= 0.3 is 0 Å². The number of nitrogens with two attached hydrogens (primary N) is 1. The van der Waals surface area contributed by atoms with Crippen LogP contribution in [-0.2, 0) is 6.54 Å². The van der Waals surface area contributed by atoms with Crippen LogP contribution in [0.15, 0.2) is 35.8 Å². The summed E-state index contributed by atoms with van der Waals surface area (Å²) < 4.78 is 0. The number of rotatable bonds is 3. The predicted octanol–water partition coefficient (Wildman–Crippen LogP) is 1.85. The van der Waals surface area contributed by atoms with Crippen molar-refractivity contribution in [2.75, 3.05) is 5.32 Å².